The van der Waals surface area contributed by atoms with E-state index in [1.807, 2.05) is 4.90 Å². The number of aromatic hydroxyl groups is 1. The first-order chi connectivity index (χ1) is 9.56. The van der Waals surface area contributed by atoms with Crippen molar-refractivity contribution >= 4 is 28.5 Å². The first kappa shape index (κ1) is 14.1. The normalized spacial score (nSPS) is 29.3. The Kier molecular flexibility index (Phi) is 3.90. The van der Waals surface area contributed by atoms with Gasteiger partial charge in [0.1, 0.15) is 5.75 Å². The molecule has 108 valence electrons. The molecule has 3 N–H and O–H groups in total. The van der Waals surface area contributed by atoms with Gasteiger partial charge in [-0.1, -0.05) is 6.42 Å². The molecule has 0 bridgehead atoms. The molecule has 1 saturated heterocycles. The van der Waals surface area contributed by atoms with Crippen molar-refractivity contribution in [3.8, 4) is 5.75 Å². The third-order valence-corrected chi connectivity index (χ3v) is 5.30. The molecule has 2 fully saturated rings. The lowest BCUT2D eigenvalue weighted by molar-refractivity contribution is 0.0780. The number of carbonyl (C=O) groups is 1. The molecular weight excluding hydrogens is 367 g/mol. The van der Waals surface area contributed by atoms with Crippen LogP contribution in [0.2, 0.25) is 0 Å². The molecule has 20 heavy (non-hydrogen) atoms. The molecule has 0 aromatic heterocycles. The lowest BCUT2D eigenvalue weighted by Crippen LogP contribution is -2.38. The molecular formula is C15H19IN2O2. The third-order valence-electron chi connectivity index (χ3n) is 4.63. The molecule has 3 rings (SSSR count). The summed E-state index contributed by atoms with van der Waals surface area (Å²) in [5.74, 6) is 0.961. The van der Waals surface area contributed by atoms with Crippen molar-refractivity contribution in [1.82, 2.24) is 4.90 Å². The Morgan fingerprint density at radius 2 is 2.15 bits per heavy atom. The molecule has 4 nitrogen and oxygen atoms in total. The van der Waals surface area contributed by atoms with Crippen molar-refractivity contribution in [3.63, 3.8) is 0 Å². The maximum Gasteiger partial charge on any atom is 0.257 e. The Labute approximate surface area is 132 Å². The van der Waals surface area contributed by atoms with Gasteiger partial charge in [-0.25, -0.2) is 0 Å². The van der Waals surface area contributed by atoms with E-state index in [0.29, 0.717) is 17.4 Å². The Hall–Kier alpha value is -0.820. The molecule has 1 amide bonds. The Morgan fingerprint density at radius 1 is 1.35 bits per heavy atom. The smallest absolute Gasteiger partial charge is 0.257 e. The Balaban J connectivity index is 1.80. The van der Waals surface area contributed by atoms with Crippen LogP contribution >= 0.6 is 22.6 Å². The number of nitrogens with zero attached hydrogens (tertiary/aromatic N) is 1. The van der Waals surface area contributed by atoms with E-state index in [2.05, 4.69) is 22.6 Å². The molecule has 3 unspecified atom stereocenters. The van der Waals surface area contributed by atoms with Gasteiger partial charge in [0.05, 0.1) is 5.56 Å². The second-order valence-corrected chi connectivity index (χ2v) is 7.14. The number of carbonyl (C=O) groups excluding carboxylic acids is 1. The van der Waals surface area contributed by atoms with Gasteiger partial charge in [-0.3, -0.25) is 4.79 Å². The Bertz CT molecular complexity index is 535. The topological polar surface area (TPSA) is 66.6 Å². The van der Waals surface area contributed by atoms with Crippen molar-refractivity contribution in [3.05, 3.63) is 27.3 Å². The SMILES string of the molecule is NC1CCCC2CN(C(=O)c3cc(I)ccc3O)CC12. The zero-order chi connectivity index (χ0) is 14.3. The number of likely N-dealkylation sites (tertiary alicyclic amines) is 1. The van der Waals surface area contributed by atoms with Crippen LogP contribution in [0.3, 0.4) is 0 Å². The van der Waals surface area contributed by atoms with E-state index in [9.17, 15) is 9.90 Å². The average molecular weight is 386 g/mol. The molecule has 1 heterocycles. The van der Waals surface area contributed by atoms with Crippen molar-refractivity contribution in [2.75, 3.05) is 13.1 Å². The van der Waals surface area contributed by atoms with Crippen molar-refractivity contribution in [2.45, 2.75) is 25.3 Å². The van der Waals surface area contributed by atoms with E-state index in [4.69, 9.17) is 5.73 Å². The van der Waals surface area contributed by atoms with E-state index in [0.717, 1.165) is 23.1 Å². The van der Waals surface area contributed by atoms with Crippen LogP contribution in [0.25, 0.3) is 0 Å². The fraction of sp³-hybridized carbons (Fsp3) is 0.533. The highest BCUT2D eigenvalue weighted by atomic mass is 127. The highest BCUT2D eigenvalue weighted by Crippen LogP contribution is 2.36. The summed E-state index contributed by atoms with van der Waals surface area (Å²) in [5, 5.41) is 9.90. The van der Waals surface area contributed by atoms with Crippen LogP contribution in [-0.2, 0) is 0 Å². The van der Waals surface area contributed by atoms with E-state index in [-0.39, 0.29) is 17.7 Å². The Morgan fingerprint density at radius 3 is 2.90 bits per heavy atom. The minimum Gasteiger partial charge on any atom is -0.507 e. The summed E-state index contributed by atoms with van der Waals surface area (Å²) >= 11 is 2.15. The van der Waals surface area contributed by atoms with E-state index < -0.39 is 0 Å². The standard InChI is InChI=1S/C15H19IN2O2/c16-10-4-5-14(19)11(6-10)15(20)18-7-9-2-1-3-13(17)12(9)8-18/h4-6,9,12-13,19H,1-3,7-8,17H2. The summed E-state index contributed by atoms with van der Waals surface area (Å²) in [6.45, 7) is 1.51. The molecule has 2 aliphatic rings. The molecule has 1 aromatic carbocycles. The summed E-state index contributed by atoms with van der Waals surface area (Å²) in [5.41, 5.74) is 6.59. The largest absolute Gasteiger partial charge is 0.507 e. The van der Waals surface area contributed by atoms with E-state index in [1.165, 1.54) is 12.8 Å². The number of fused-ring (bicyclic) bond motifs is 1. The number of phenols is 1. The van der Waals surface area contributed by atoms with E-state index >= 15 is 0 Å². The minimum absolute atomic E-state index is 0.0644. The summed E-state index contributed by atoms with van der Waals surface area (Å²) in [6, 6.07) is 5.35. The van der Waals surface area contributed by atoms with Crippen LogP contribution in [0.5, 0.6) is 5.75 Å². The maximum absolute atomic E-state index is 12.6. The van der Waals surface area contributed by atoms with E-state index in [1.54, 1.807) is 18.2 Å². The number of halogens is 1. The molecule has 0 spiro atoms. The first-order valence-corrected chi connectivity index (χ1v) is 8.17. The van der Waals surface area contributed by atoms with Crippen LogP contribution < -0.4 is 5.73 Å². The fourth-order valence-electron chi connectivity index (χ4n) is 3.53. The van der Waals surface area contributed by atoms with Crippen LogP contribution in [0.15, 0.2) is 18.2 Å². The van der Waals surface area contributed by atoms with Crippen molar-refractivity contribution in [1.29, 1.82) is 0 Å². The summed E-state index contributed by atoms with van der Waals surface area (Å²) in [7, 11) is 0. The molecule has 1 aliphatic carbocycles. The van der Waals surface area contributed by atoms with Crippen LogP contribution in [-0.4, -0.2) is 35.0 Å². The molecule has 1 saturated carbocycles. The van der Waals surface area contributed by atoms with Crippen LogP contribution in [0, 0.1) is 15.4 Å². The van der Waals surface area contributed by atoms with Crippen LogP contribution in [0.4, 0.5) is 0 Å². The number of hydrogen-bond acceptors (Lipinski definition) is 3. The summed E-state index contributed by atoms with van der Waals surface area (Å²) < 4.78 is 0.956. The first-order valence-electron chi connectivity index (χ1n) is 7.09. The van der Waals surface area contributed by atoms with Gasteiger partial charge in [0.2, 0.25) is 0 Å². The van der Waals surface area contributed by atoms with Gasteiger partial charge in [-0.2, -0.15) is 0 Å². The lowest BCUT2D eigenvalue weighted by Gasteiger charge is -2.29. The highest BCUT2D eigenvalue weighted by molar-refractivity contribution is 14.1. The number of phenolic OH excluding ortho intramolecular Hbond substituents is 1. The molecule has 0 radical (unpaired) electrons. The van der Waals surface area contributed by atoms with Crippen molar-refractivity contribution in [2.24, 2.45) is 17.6 Å². The predicted octanol–water partition coefficient (Wildman–Crippen LogP) is 2.20. The second-order valence-electron chi connectivity index (χ2n) is 5.89. The maximum atomic E-state index is 12.6. The lowest BCUT2D eigenvalue weighted by atomic mass is 9.78. The summed E-state index contributed by atoms with van der Waals surface area (Å²) in [6.07, 6.45) is 3.40. The molecule has 1 aliphatic heterocycles. The number of amides is 1. The number of benzene rings is 1. The van der Waals surface area contributed by atoms with Gasteiger partial charge in [0, 0.05) is 22.7 Å². The summed E-state index contributed by atoms with van der Waals surface area (Å²) in [4.78, 5) is 14.5. The van der Waals surface area contributed by atoms with Gasteiger partial charge in [-0.15, -0.1) is 0 Å². The average Bonchev–Trinajstić information content (AvgIpc) is 2.86. The molecule has 1 aromatic rings. The van der Waals surface area contributed by atoms with Gasteiger partial charge in [-0.05, 0) is 65.5 Å². The third kappa shape index (κ3) is 2.53. The van der Waals surface area contributed by atoms with Gasteiger partial charge in [0.15, 0.2) is 0 Å². The zero-order valence-corrected chi connectivity index (χ0v) is 13.4. The quantitative estimate of drug-likeness (QED) is 0.728. The predicted molar refractivity (Wildman–Crippen MR) is 85.5 cm³/mol. The zero-order valence-electron chi connectivity index (χ0n) is 11.3. The molecule has 5 heteroatoms. The second kappa shape index (κ2) is 5.52. The van der Waals surface area contributed by atoms with Crippen molar-refractivity contribution < 1.29 is 9.90 Å². The fourth-order valence-corrected chi connectivity index (χ4v) is 4.02. The van der Waals surface area contributed by atoms with Crippen LogP contribution in [0.1, 0.15) is 29.6 Å². The number of hydrogen-bond donors (Lipinski definition) is 2. The highest BCUT2D eigenvalue weighted by Gasteiger charge is 2.40. The van der Waals surface area contributed by atoms with Gasteiger partial charge >= 0.3 is 0 Å². The monoisotopic (exact) mass is 386 g/mol. The number of rotatable bonds is 1. The van der Waals surface area contributed by atoms with Gasteiger partial charge < -0.3 is 15.7 Å². The van der Waals surface area contributed by atoms with Gasteiger partial charge in [0.25, 0.3) is 5.91 Å². The molecule has 3 atom stereocenters. The minimum atomic E-state index is -0.0670. The number of nitrogens with two attached hydrogens (primary N) is 1.